The lowest BCUT2D eigenvalue weighted by Gasteiger charge is -2.41. The zero-order valence-corrected chi connectivity index (χ0v) is 13.9. The minimum absolute atomic E-state index is 0.0317. The van der Waals surface area contributed by atoms with Gasteiger partial charge in [-0.05, 0) is 19.8 Å². The number of carbonyl (C=O) groups excluding carboxylic acids is 1. The summed E-state index contributed by atoms with van der Waals surface area (Å²) in [6, 6.07) is -0.0401. The van der Waals surface area contributed by atoms with Crippen molar-refractivity contribution in [3.63, 3.8) is 0 Å². The number of piperidine rings is 1. The maximum absolute atomic E-state index is 12.8. The van der Waals surface area contributed by atoms with Crippen LogP contribution in [0.25, 0.3) is 0 Å². The minimum Gasteiger partial charge on any atom is -0.479 e. The lowest BCUT2D eigenvalue weighted by molar-refractivity contribution is -0.150. The molecule has 7 heteroatoms. The third-order valence-corrected chi connectivity index (χ3v) is 5.28. The van der Waals surface area contributed by atoms with E-state index in [1.807, 2.05) is 11.8 Å². The predicted molar refractivity (Wildman–Crippen MR) is 85.1 cm³/mol. The summed E-state index contributed by atoms with van der Waals surface area (Å²) < 4.78 is 5.61. The number of amides is 1. The highest BCUT2D eigenvalue weighted by atomic mass is 16.5. The van der Waals surface area contributed by atoms with Crippen LogP contribution in [0.15, 0.2) is 10.2 Å². The topological polar surface area (TPSA) is 91.6 Å². The molecule has 130 valence electrons. The first-order chi connectivity index (χ1) is 11.5. The van der Waals surface area contributed by atoms with Crippen molar-refractivity contribution in [2.45, 2.75) is 81.8 Å². The Morgan fingerprint density at radius 1 is 1.38 bits per heavy atom. The molecule has 3 rings (SSSR count). The monoisotopic (exact) mass is 333 g/mol. The van der Waals surface area contributed by atoms with Crippen LogP contribution in [0.2, 0.25) is 0 Å². The Balaban J connectivity index is 1.60. The Morgan fingerprint density at radius 3 is 2.75 bits per heavy atom. The van der Waals surface area contributed by atoms with E-state index in [4.69, 9.17) is 11.2 Å². The third-order valence-electron chi connectivity index (χ3n) is 5.28. The van der Waals surface area contributed by atoms with Gasteiger partial charge in [-0.15, -0.1) is 12.3 Å². The molecule has 24 heavy (non-hydrogen) atoms. The number of ether oxygens (including phenoxy) is 1. The molecule has 0 aromatic heterocycles. The van der Waals surface area contributed by atoms with Gasteiger partial charge in [0.2, 0.25) is 5.91 Å². The van der Waals surface area contributed by atoms with E-state index in [1.54, 1.807) is 0 Å². The molecule has 1 amide bonds. The number of hydrogen-bond acceptors (Lipinski definition) is 5. The van der Waals surface area contributed by atoms with Crippen molar-refractivity contribution >= 4 is 11.9 Å². The van der Waals surface area contributed by atoms with E-state index in [0.29, 0.717) is 32.1 Å². The number of carboxylic acid groups (broad SMARTS) is 1. The summed E-state index contributed by atoms with van der Waals surface area (Å²) in [7, 11) is 0. The van der Waals surface area contributed by atoms with Crippen molar-refractivity contribution in [1.29, 1.82) is 0 Å². The van der Waals surface area contributed by atoms with Gasteiger partial charge in [0.15, 0.2) is 11.8 Å². The number of rotatable bonds is 6. The van der Waals surface area contributed by atoms with Crippen molar-refractivity contribution in [2.75, 3.05) is 0 Å². The van der Waals surface area contributed by atoms with Gasteiger partial charge in [-0.3, -0.25) is 4.79 Å². The van der Waals surface area contributed by atoms with Crippen LogP contribution in [-0.4, -0.2) is 51.8 Å². The maximum atomic E-state index is 12.8. The Morgan fingerprint density at radius 2 is 2.12 bits per heavy atom. The van der Waals surface area contributed by atoms with E-state index in [-0.39, 0.29) is 24.1 Å². The lowest BCUT2D eigenvalue weighted by atomic mass is 9.91. The summed E-state index contributed by atoms with van der Waals surface area (Å²) in [5.41, 5.74) is -0.462. The van der Waals surface area contributed by atoms with Gasteiger partial charge in [0.1, 0.15) is 0 Å². The number of carbonyl (C=O) groups is 2. The lowest BCUT2D eigenvalue weighted by Crippen LogP contribution is -2.53. The number of carboxylic acids is 1. The highest BCUT2D eigenvalue weighted by molar-refractivity contribution is 5.78. The Hall–Kier alpha value is -1.94. The van der Waals surface area contributed by atoms with Gasteiger partial charge in [-0.1, -0.05) is 0 Å². The first-order valence-electron chi connectivity index (χ1n) is 8.53. The van der Waals surface area contributed by atoms with Gasteiger partial charge in [-0.25, -0.2) is 4.79 Å². The quantitative estimate of drug-likeness (QED) is 0.752. The van der Waals surface area contributed by atoms with Crippen LogP contribution in [0.3, 0.4) is 0 Å². The van der Waals surface area contributed by atoms with E-state index >= 15 is 0 Å². The second kappa shape index (κ2) is 6.52. The number of hydrogen-bond donors (Lipinski definition) is 1. The zero-order chi connectivity index (χ0) is 17.3. The highest BCUT2D eigenvalue weighted by Crippen LogP contribution is 2.39. The van der Waals surface area contributed by atoms with Gasteiger partial charge in [0, 0.05) is 38.1 Å². The molecule has 0 aromatic rings. The smallest absolute Gasteiger partial charge is 0.332 e. The molecule has 1 N–H and O–H groups in total. The first kappa shape index (κ1) is 16.9. The summed E-state index contributed by atoms with van der Waals surface area (Å²) in [5, 5.41) is 17.3. The first-order valence-corrected chi connectivity index (χ1v) is 8.53. The van der Waals surface area contributed by atoms with Crippen LogP contribution in [-0.2, 0) is 14.3 Å². The molecular formula is C17H23N3O4. The van der Waals surface area contributed by atoms with Crippen molar-refractivity contribution in [3.8, 4) is 12.3 Å². The molecule has 2 fully saturated rings. The largest absolute Gasteiger partial charge is 0.479 e. The third kappa shape index (κ3) is 3.29. The number of terminal acetylenes is 1. The van der Waals surface area contributed by atoms with Gasteiger partial charge in [-0.2, -0.15) is 10.2 Å². The molecule has 2 saturated heterocycles. The molecule has 0 spiro atoms. The zero-order valence-electron chi connectivity index (χ0n) is 13.9. The van der Waals surface area contributed by atoms with Gasteiger partial charge in [0.25, 0.3) is 0 Å². The molecule has 0 radical (unpaired) electrons. The summed E-state index contributed by atoms with van der Waals surface area (Å²) in [6.07, 6.45) is 8.50. The molecule has 7 nitrogen and oxygen atoms in total. The van der Waals surface area contributed by atoms with Gasteiger partial charge >= 0.3 is 5.97 Å². The summed E-state index contributed by atoms with van der Waals surface area (Å²) in [4.78, 5) is 25.8. The molecule has 3 heterocycles. The summed E-state index contributed by atoms with van der Waals surface area (Å²) >= 11 is 0. The second-order valence-corrected chi connectivity index (χ2v) is 6.92. The Bertz CT molecular complexity index is 591. The molecule has 0 saturated carbocycles. The minimum atomic E-state index is -0.951. The predicted octanol–water partition coefficient (Wildman–Crippen LogP) is 1.96. The number of nitrogens with zero attached hydrogens (tertiary/aromatic N) is 3. The van der Waals surface area contributed by atoms with Crippen LogP contribution in [0, 0.1) is 12.3 Å². The molecular weight excluding hydrogens is 310 g/mol. The maximum Gasteiger partial charge on any atom is 0.332 e. The van der Waals surface area contributed by atoms with Crippen LogP contribution in [0.1, 0.15) is 51.9 Å². The van der Waals surface area contributed by atoms with Crippen LogP contribution in [0.5, 0.6) is 0 Å². The van der Waals surface area contributed by atoms with Gasteiger partial charge in [0.05, 0.1) is 12.1 Å². The van der Waals surface area contributed by atoms with E-state index in [0.717, 1.165) is 12.8 Å². The SMILES string of the molecule is C#CCCC1(CCC(=O)N2C(C)CCC3OC(C(=O)O)CC32)N=N1. The standard InChI is InChI=1S/C17H23N3O4/c1-3-4-8-17(18-19-17)9-7-15(21)20-11(2)5-6-13-12(20)10-14(24-13)16(22)23/h1,11-14H,4-10H2,2H3,(H,22,23). The van der Waals surface area contributed by atoms with Gasteiger partial charge < -0.3 is 14.7 Å². The van der Waals surface area contributed by atoms with Crippen molar-refractivity contribution in [3.05, 3.63) is 0 Å². The Labute approximate surface area is 141 Å². The average molecular weight is 333 g/mol. The second-order valence-electron chi connectivity index (χ2n) is 6.92. The van der Waals surface area contributed by atoms with E-state index in [2.05, 4.69) is 16.1 Å². The molecule has 3 aliphatic heterocycles. The fourth-order valence-electron chi connectivity index (χ4n) is 3.85. The molecule has 0 aliphatic carbocycles. The summed E-state index contributed by atoms with van der Waals surface area (Å²) in [5.74, 6) is 1.66. The fourth-order valence-corrected chi connectivity index (χ4v) is 3.85. The molecule has 3 aliphatic rings. The average Bonchev–Trinajstić information content (AvgIpc) is 3.19. The number of fused-ring (bicyclic) bond motifs is 1. The molecule has 0 bridgehead atoms. The van der Waals surface area contributed by atoms with E-state index < -0.39 is 17.7 Å². The fraction of sp³-hybridized carbons (Fsp3) is 0.765. The molecule has 4 unspecified atom stereocenters. The summed E-state index contributed by atoms with van der Waals surface area (Å²) in [6.45, 7) is 2.02. The highest BCUT2D eigenvalue weighted by Gasteiger charge is 2.48. The van der Waals surface area contributed by atoms with E-state index in [1.165, 1.54) is 0 Å². The van der Waals surface area contributed by atoms with E-state index in [9.17, 15) is 14.7 Å². The van der Waals surface area contributed by atoms with Crippen LogP contribution in [0.4, 0.5) is 0 Å². The van der Waals surface area contributed by atoms with Crippen molar-refractivity contribution in [1.82, 2.24) is 4.90 Å². The molecule has 0 aromatic carbocycles. The molecule has 4 atom stereocenters. The van der Waals surface area contributed by atoms with Crippen LogP contribution < -0.4 is 0 Å². The number of likely N-dealkylation sites (tertiary alicyclic amines) is 1. The van der Waals surface area contributed by atoms with Crippen LogP contribution >= 0.6 is 0 Å². The normalized spacial score (nSPS) is 32.9. The Kier molecular flexibility index (Phi) is 4.59. The van der Waals surface area contributed by atoms with Crippen molar-refractivity contribution < 1.29 is 19.4 Å². The number of aliphatic carboxylic acids is 1. The van der Waals surface area contributed by atoms with Crippen molar-refractivity contribution in [2.24, 2.45) is 10.2 Å².